The molecule has 1 amide bonds. The van der Waals surface area contributed by atoms with Gasteiger partial charge >= 0.3 is 0 Å². The minimum absolute atomic E-state index is 0.138. The smallest absolute Gasteiger partial charge is 0.289 e. The number of rotatable bonds is 7. The number of carbonyl (C=O) groups is 1. The van der Waals surface area contributed by atoms with Gasteiger partial charge in [-0.25, -0.2) is 0 Å². The molecule has 1 rings (SSSR count). The maximum absolute atomic E-state index is 12.1. The molecular formula is C16H28N2O3. The Morgan fingerprint density at radius 3 is 2.57 bits per heavy atom. The Morgan fingerprint density at radius 2 is 2.05 bits per heavy atom. The summed E-state index contributed by atoms with van der Waals surface area (Å²) in [6.45, 7) is 12.3. The molecule has 21 heavy (non-hydrogen) atoms. The van der Waals surface area contributed by atoms with E-state index in [4.69, 9.17) is 4.52 Å². The molecule has 1 aromatic heterocycles. The van der Waals surface area contributed by atoms with Crippen molar-refractivity contribution in [1.29, 1.82) is 0 Å². The molecule has 1 heterocycles. The van der Waals surface area contributed by atoms with E-state index in [-0.39, 0.29) is 23.5 Å². The van der Waals surface area contributed by atoms with Crippen molar-refractivity contribution >= 4 is 5.91 Å². The summed E-state index contributed by atoms with van der Waals surface area (Å²) in [6.07, 6.45) is 0.462. The van der Waals surface area contributed by atoms with Crippen LogP contribution in [0, 0.1) is 11.3 Å². The highest BCUT2D eigenvalue weighted by atomic mass is 16.5. The molecular weight excluding hydrogens is 268 g/mol. The lowest BCUT2D eigenvalue weighted by Gasteiger charge is -2.33. The quantitative estimate of drug-likeness (QED) is 0.811. The average Bonchev–Trinajstić information content (AvgIpc) is 2.92. The fourth-order valence-corrected chi connectivity index (χ4v) is 2.24. The number of aromatic nitrogens is 1. The zero-order chi connectivity index (χ0) is 16.2. The lowest BCUT2D eigenvalue weighted by Crippen LogP contribution is -2.43. The molecule has 120 valence electrons. The van der Waals surface area contributed by atoms with Crippen LogP contribution in [-0.4, -0.2) is 28.8 Å². The highest BCUT2D eigenvalue weighted by Gasteiger charge is 2.31. The van der Waals surface area contributed by atoms with Crippen molar-refractivity contribution in [2.24, 2.45) is 11.3 Å². The number of nitrogens with zero attached hydrogens (tertiary/aromatic N) is 1. The second-order valence-corrected chi connectivity index (χ2v) is 6.79. The van der Waals surface area contributed by atoms with Crippen LogP contribution in [0.15, 0.2) is 10.6 Å². The predicted molar refractivity (Wildman–Crippen MR) is 82.2 cm³/mol. The average molecular weight is 296 g/mol. The molecule has 2 atom stereocenters. The minimum Gasteiger partial charge on any atom is -0.392 e. The van der Waals surface area contributed by atoms with Gasteiger partial charge in [0.25, 0.3) is 5.91 Å². The standard InChI is InChI=1S/C16H28N2O3/c1-7-11(4)12-8-13(21-18-12)15(20)17-9-16(5,6)14(19)10(2)3/h8,10-11,14,19H,7,9H2,1-6H3,(H,17,20). The van der Waals surface area contributed by atoms with Crippen LogP contribution < -0.4 is 5.32 Å². The third kappa shape index (κ3) is 4.56. The van der Waals surface area contributed by atoms with Gasteiger partial charge in [-0.2, -0.15) is 0 Å². The van der Waals surface area contributed by atoms with Gasteiger partial charge in [0.2, 0.25) is 5.76 Å². The Balaban J connectivity index is 2.63. The normalized spacial score (nSPS) is 15.0. The van der Waals surface area contributed by atoms with Gasteiger partial charge in [-0.1, -0.05) is 46.7 Å². The van der Waals surface area contributed by atoms with Crippen LogP contribution >= 0.6 is 0 Å². The first kappa shape index (κ1) is 17.7. The SMILES string of the molecule is CCC(C)c1cc(C(=O)NCC(C)(C)C(O)C(C)C)on1. The van der Waals surface area contributed by atoms with Crippen molar-refractivity contribution in [2.45, 2.75) is 60.0 Å². The summed E-state index contributed by atoms with van der Waals surface area (Å²) in [5, 5.41) is 16.9. The first-order valence-corrected chi connectivity index (χ1v) is 7.62. The zero-order valence-electron chi connectivity index (χ0n) is 13.9. The fourth-order valence-electron chi connectivity index (χ4n) is 2.24. The Bertz CT molecular complexity index is 466. The van der Waals surface area contributed by atoms with Crippen LogP contribution in [0.2, 0.25) is 0 Å². The minimum atomic E-state index is -0.483. The summed E-state index contributed by atoms with van der Waals surface area (Å²) >= 11 is 0. The topological polar surface area (TPSA) is 75.4 Å². The molecule has 0 bridgehead atoms. The van der Waals surface area contributed by atoms with Gasteiger partial charge < -0.3 is 14.9 Å². The summed E-state index contributed by atoms with van der Waals surface area (Å²) in [6, 6.07) is 1.69. The van der Waals surface area contributed by atoms with E-state index in [1.807, 2.05) is 34.6 Å². The number of nitrogens with one attached hydrogen (secondary N) is 1. The Hall–Kier alpha value is -1.36. The second kappa shape index (κ2) is 7.07. The van der Waals surface area contributed by atoms with Crippen molar-refractivity contribution < 1.29 is 14.4 Å². The lowest BCUT2D eigenvalue weighted by atomic mass is 9.80. The molecule has 0 saturated carbocycles. The first-order valence-electron chi connectivity index (χ1n) is 7.62. The van der Waals surface area contributed by atoms with E-state index < -0.39 is 11.5 Å². The molecule has 1 aromatic rings. The van der Waals surface area contributed by atoms with Crippen molar-refractivity contribution in [3.8, 4) is 0 Å². The summed E-state index contributed by atoms with van der Waals surface area (Å²) in [5.74, 6) is 0.343. The number of aliphatic hydroxyl groups excluding tert-OH is 1. The third-order valence-electron chi connectivity index (χ3n) is 4.01. The second-order valence-electron chi connectivity index (χ2n) is 6.79. The van der Waals surface area contributed by atoms with E-state index in [9.17, 15) is 9.90 Å². The lowest BCUT2D eigenvalue weighted by molar-refractivity contribution is 0.0136. The molecule has 5 heteroatoms. The predicted octanol–water partition coefficient (Wildman–Crippen LogP) is 2.96. The molecule has 0 aliphatic carbocycles. The molecule has 2 unspecified atom stereocenters. The monoisotopic (exact) mass is 296 g/mol. The summed E-state index contributed by atoms with van der Waals surface area (Å²) in [5.41, 5.74) is 0.396. The molecule has 0 saturated heterocycles. The van der Waals surface area contributed by atoms with E-state index in [0.29, 0.717) is 6.54 Å². The summed E-state index contributed by atoms with van der Waals surface area (Å²) in [4.78, 5) is 12.1. The maximum atomic E-state index is 12.1. The van der Waals surface area contributed by atoms with Gasteiger partial charge in [-0.3, -0.25) is 4.79 Å². The third-order valence-corrected chi connectivity index (χ3v) is 4.01. The Morgan fingerprint density at radius 1 is 1.43 bits per heavy atom. The van der Waals surface area contributed by atoms with Crippen molar-refractivity contribution in [2.75, 3.05) is 6.54 Å². The number of aliphatic hydroxyl groups is 1. The van der Waals surface area contributed by atoms with Crippen LogP contribution in [0.4, 0.5) is 0 Å². The molecule has 0 fully saturated rings. The summed E-state index contributed by atoms with van der Waals surface area (Å²) < 4.78 is 5.10. The molecule has 2 N–H and O–H groups in total. The van der Waals surface area contributed by atoms with Crippen molar-refractivity contribution in [1.82, 2.24) is 10.5 Å². The molecule has 0 aromatic carbocycles. The van der Waals surface area contributed by atoms with E-state index in [2.05, 4.69) is 17.4 Å². The van der Waals surface area contributed by atoms with E-state index >= 15 is 0 Å². The number of carbonyl (C=O) groups excluding carboxylic acids is 1. The number of hydrogen-bond donors (Lipinski definition) is 2. The van der Waals surface area contributed by atoms with Crippen LogP contribution in [0.5, 0.6) is 0 Å². The van der Waals surface area contributed by atoms with Crippen LogP contribution in [0.3, 0.4) is 0 Å². The van der Waals surface area contributed by atoms with Gasteiger partial charge in [-0.15, -0.1) is 0 Å². The van der Waals surface area contributed by atoms with E-state index in [0.717, 1.165) is 12.1 Å². The zero-order valence-corrected chi connectivity index (χ0v) is 13.9. The first-order chi connectivity index (χ1) is 9.69. The fraction of sp³-hybridized carbons (Fsp3) is 0.750. The highest BCUT2D eigenvalue weighted by molar-refractivity contribution is 5.91. The van der Waals surface area contributed by atoms with Crippen molar-refractivity contribution in [3.63, 3.8) is 0 Å². The van der Waals surface area contributed by atoms with Gasteiger partial charge in [0, 0.05) is 23.9 Å². The van der Waals surface area contributed by atoms with Gasteiger partial charge in [0.05, 0.1) is 11.8 Å². The largest absolute Gasteiger partial charge is 0.392 e. The molecule has 0 radical (unpaired) electrons. The van der Waals surface area contributed by atoms with E-state index in [1.54, 1.807) is 6.07 Å². The van der Waals surface area contributed by atoms with Gasteiger partial charge in [0.1, 0.15) is 0 Å². The van der Waals surface area contributed by atoms with Gasteiger partial charge in [-0.05, 0) is 12.3 Å². The van der Waals surface area contributed by atoms with Crippen LogP contribution in [0.25, 0.3) is 0 Å². The van der Waals surface area contributed by atoms with Crippen LogP contribution in [0.1, 0.15) is 70.1 Å². The number of hydrogen-bond acceptors (Lipinski definition) is 4. The molecule has 0 aliphatic rings. The van der Waals surface area contributed by atoms with Crippen LogP contribution in [-0.2, 0) is 0 Å². The van der Waals surface area contributed by atoms with Gasteiger partial charge in [0.15, 0.2) is 0 Å². The maximum Gasteiger partial charge on any atom is 0.289 e. The molecule has 0 aliphatic heterocycles. The highest BCUT2D eigenvalue weighted by Crippen LogP contribution is 2.25. The summed E-state index contributed by atoms with van der Waals surface area (Å²) in [7, 11) is 0. The van der Waals surface area contributed by atoms with Crippen molar-refractivity contribution in [3.05, 3.63) is 17.5 Å². The molecule has 5 nitrogen and oxygen atoms in total. The number of amides is 1. The Labute approximate surface area is 127 Å². The molecule has 0 spiro atoms. The Kier molecular flexibility index (Phi) is 5.96. The van der Waals surface area contributed by atoms with E-state index in [1.165, 1.54) is 0 Å².